The van der Waals surface area contributed by atoms with Crippen LogP contribution in [0.15, 0.2) is 11.6 Å². The van der Waals surface area contributed by atoms with Gasteiger partial charge in [-0.1, -0.05) is 0 Å². The average Bonchev–Trinajstić information content (AvgIpc) is 2.69. The molecule has 1 rings (SSSR count). The molecule has 0 spiro atoms. The van der Waals surface area contributed by atoms with Gasteiger partial charge in [0, 0.05) is 24.5 Å². The van der Waals surface area contributed by atoms with E-state index in [1.807, 2.05) is 0 Å². The van der Waals surface area contributed by atoms with E-state index in [0.717, 1.165) is 11.9 Å². The number of hydrogen-bond acceptors (Lipinski definition) is 5. The average molecular weight is 264 g/mol. The molecule has 0 amide bonds. The maximum atomic E-state index is 11.4. The molecule has 0 fully saturated rings. The lowest BCUT2D eigenvalue weighted by Crippen LogP contribution is -2.38. The Morgan fingerprint density at radius 3 is 2.88 bits per heavy atom. The number of aromatic nitrogens is 1. The van der Waals surface area contributed by atoms with Crippen molar-refractivity contribution in [3.8, 4) is 0 Å². The van der Waals surface area contributed by atoms with Gasteiger partial charge in [0.2, 0.25) is 10.0 Å². The van der Waals surface area contributed by atoms with E-state index in [1.54, 1.807) is 11.6 Å². The topological polar surface area (TPSA) is 96.4 Å². The Bertz CT molecular complexity index is 441. The smallest absolute Gasteiger partial charge is 0.323 e. The standard InChI is InChI=1S/C8H12N2O4S2/c1-6(8(11)12)16(13,14)10-3-2-7-9-4-5-15-7/h4-6,10H,2-3H2,1H3,(H,11,12). The van der Waals surface area contributed by atoms with Crippen molar-refractivity contribution in [2.45, 2.75) is 18.6 Å². The van der Waals surface area contributed by atoms with Crippen LogP contribution in [0, 0.1) is 0 Å². The molecule has 1 aromatic heterocycles. The van der Waals surface area contributed by atoms with E-state index >= 15 is 0 Å². The lowest BCUT2D eigenvalue weighted by Gasteiger charge is -2.08. The van der Waals surface area contributed by atoms with E-state index in [9.17, 15) is 13.2 Å². The Balaban J connectivity index is 2.46. The SMILES string of the molecule is CC(C(=O)O)S(=O)(=O)NCCc1nccs1. The fourth-order valence-corrected chi connectivity index (χ4v) is 2.46. The lowest BCUT2D eigenvalue weighted by atomic mass is 10.5. The molecular formula is C8H12N2O4S2. The van der Waals surface area contributed by atoms with E-state index in [-0.39, 0.29) is 6.54 Å². The van der Waals surface area contributed by atoms with Crippen LogP contribution in [-0.2, 0) is 21.2 Å². The molecule has 1 heterocycles. The first-order valence-corrected chi connectivity index (χ1v) is 6.95. The molecule has 1 atom stereocenters. The molecule has 0 bridgehead atoms. The quantitative estimate of drug-likeness (QED) is 0.758. The van der Waals surface area contributed by atoms with Gasteiger partial charge in [-0.2, -0.15) is 0 Å². The first-order valence-electron chi connectivity index (χ1n) is 4.53. The van der Waals surface area contributed by atoms with Crippen LogP contribution in [0.2, 0.25) is 0 Å². The van der Waals surface area contributed by atoms with Gasteiger partial charge in [0.25, 0.3) is 0 Å². The molecule has 2 N–H and O–H groups in total. The molecule has 0 aliphatic carbocycles. The number of aliphatic carboxylic acids is 1. The van der Waals surface area contributed by atoms with Crippen LogP contribution < -0.4 is 4.72 Å². The number of carbonyl (C=O) groups is 1. The minimum Gasteiger partial charge on any atom is -0.480 e. The number of nitrogens with zero attached hydrogens (tertiary/aromatic N) is 1. The summed E-state index contributed by atoms with van der Waals surface area (Å²) in [5, 5.41) is 9.74. The van der Waals surface area contributed by atoms with Gasteiger partial charge in [-0.3, -0.25) is 4.79 Å². The second-order valence-corrected chi connectivity index (χ2v) is 6.16. The molecule has 0 saturated carbocycles. The lowest BCUT2D eigenvalue weighted by molar-refractivity contribution is -0.136. The Labute approximate surface area is 97.4 Å². The van der Waals surface area contributed by atoms with Crippen molar-refractivity contribution in [2.24, 2.45) is 0 Å². The summed E-state index contributed by atoms with van der Waals surface area (Å²) in [6.07, 6.45) is 2.09. The number of sulfonamides is 1. The molecule has 0 radical (unpaired) electrons. The van der Waals surface area contributed by atoms with Gasteiger partial charge in [-0.05, 0) is 6.92 Å². The van der Waals surface area contributed by atoms with E-state index in [4.69, 9.17) is 5.11 Å². The highest BCUT2D eigenvalue weighted by atomic mass is 32.2. The highest BCUT2D eigenvalue weighted by Gasteiger charge is 2.26. The third-order valence-electron chi connectivity index (χ3n) is 1.94. The van der Waals surface area contributed by atoms with Gasteiger partial charge in [0.15, 0.2) is 5.25 Å². The molecule has 0 aliphatic rings. The molecule has 6 nitrogen and oxygen atoms in total. The summed E-state index contributed by atoms with van der Waals surface area (Å²) in [5.41, 5.74) is 0. The number of thiazole rings is 1. The zero-order valence-electron chi connectivity index (χ0n) is 8.58. The number of nitrogens with one attached hydrogen (secondary N) is 1. The van der Waals surface area contributed by atoms with E-state index < -0.39 is 21.2 Å². The van der Waals surface area contributed by atoms with Gasteiger partial charge >= 0.3 is 5.97 Å². The van der Waals surface area contributed by atoms with Crippen molar-refractivity contribution in [1.29, 1.82) is 0 Å². The molecule has 0 saturated heterocycles. The van der Waals surface area contributed by atoms with Crippen LogP contribution in [0.25, 0.3) is 0 Å². The molecule has 1 aromatic rings. The molecule has 0 aliphatic heterocycles. The van der Waals surface area contributed by atoms with Gasteiger partial charge in [-0.15, -0.1) is 11.3 Å². The summed E-state index contributed by atoms with van der Waals surface area (Å²) in [7, 11) is -3.79. The van der Waals surface area contributed by atoms with Crippen molar-refractivity contribution in [3.63, 3.8) is 0 Å². The van der Waals surface area contributed by atoms with Crippen molar-refractivity contribution >= 4 is 27.3 Å². The normalized spacial score (nSPS) is 13.6. The molecule has 0 aromatic carbocycles. The second-order valence-electron chi connectivity index (χ2n) is 3.10. The molecule has 90 valence electrons. The largest absolute Gasteiger partial charge is 0.480 e. The summed E-state index contributed by atoms with van der Waals surface area (Å²) in [4.78, 5) is 14.5. The van der Waals surface area contributed by atoms with E-state index in [0.29, 0.717) is 6.42 Å². The summed E-state index contributed by atoms with van der Waals surface area (Å²) >= 11 is 1.43. The maximum absolute atomic E-state index is 11.4. The highest BCUT2D eigenvalue weighted by Crippen LogP contribution is 2.04. The van der Waals surface area contributed by atoms with Gasteiger partial charge < -0.3 is 5.11 Å². The number of rotatable bonds is 6. The van der Waals surface area contributed by atoms with Gasteiger partial charge in [0.1, 0.15) is 0 Å². The molecule has 16 heavy (non-hydrogen) atoms. The molecular weight excluding hydrogens is 252 g/mol. The summed E-state index contributed by atoms with van der Waals surface area (Å²) in [6, 6.07) is 0. The van der Waals surface area contributed by atoms with Crippen LogP contribution in [0.1, 0.15) is 11.9 Å². The van der Waals surface area contributed by atoms with Crippen molar-refractivity contribution < 1.29 is 18.3 Å². The predicted octanol–water partition coefficient (Wildman–Crippen LogP) is 0.0781. The summed E-state index contributed by atoms with van der Waals surface area (Å²) in [5.74, 6) is -1.36. The Morgan fingerprint density at radius 2 is 2.38 bits per heavy atom. The Kier molecular flexibility index (Phi) is 4.39. The fraction of sp³-hybridized carbons (Fsp3) is 0.500. The van der Waals surface area contributed by atoms with Crippen molar-refractivity contribution in [2.75, 3.05) is 6.54 Å². The molecule has 8 heteroatoms. The van der Waals surface area contributed by atoms with Gasteiger partial charge in [0.05, 0.1) is 5.01 Å². The number of hydrogen-bond donors (Lipinski definition) is 2. The Morgan fingerprint density at radius 1 is 1.69 bits per heavy atom. The van der Waals surface area contributed by atoms with Crippen LogP contribution in [0.5, 0.6) is 0 Å². The number of carboxylic acid groups (broad SMARTS) is 1. The predicted molar refractivity (Wildman–Crippen MR) is 59.8 cm³/mol. The maximum Gasteiger partial charge on any atom is 0.323 e. The van der Waals surface area contributed by atoms with E-state index in [2.05, 4.69) is 9.71 Å². The summed E-state index contributed by atoms with van der Waals surface area (Å²) < 4.78 is 25.0. The van der Waals surface area contributed by atoms with Crippen LogP contribution in [0.4, 0.5) is 0 Å². The Hall–Kier alpha value is -0.990. The number of carboxylic acids is 1. The zero-order chi connectivity index (χ0) is 12.2. The van der Waals surface area contributed by atoms with Crippen molar-refractivity contribution in [1.82, 2.24) is 9.71 Å². The summed E-state index contributed by atoms with van der Waals surface area (Å²) in [6.45, 7) is 1.29. The van der Waals surface area contributed by atoms with E-state index in [1.165, 1.54) is 11.3 Å². The third kappa shape index (κ3) is 3.54. The first-order chi connectivity index (χ1) is 7.43. The first kappa shape index (κ1) is 13.1. The zero-order valence-corrected chi connectivity index (χ0v) is 10.2. The van der Waals surface area contributed by atoms with Crippen molar-refractivity contribution in [3.05, 3.63) is 16.6 Å². The highest BCUT2D eigenvalue weighted by molar-refractivity contribution is 7.90. The minimum atomic E-state index is -3.79. The minimum absolute atomic E-state index is 0.160. The fourth-order valence-electron chi connectivity index (χ4n) is 0.934. The third-order valence-corrected chi connectivity index (χ3v) is 4.52. The second kappa shape index (κ2) is 5.37. The van der Waals surface area contributed by atoms with Gasteiger partial charge in [-0.25, -0.2) is 18.1 Å². The van der Waals surface area contributed by atoms with Crippen LogP contribution in [-0.4, -0.2) is 36.3 Å². The molecule has 1 unspecified atom stereocenters. The van der Waals surface area contributed by atoms with Crippen LogP contribution in [0.3, 0.4) is 0 Å². The van der Waals surface area contributed by atoms with Crippen LogP contribution >= 0.6 is 11.3 Å². The monoisotopic (exact) mass is 264 g/mol.